The van der Waals surface area contributed by atoms with E-state index in [1.807, 2.05) is 30.9 Å². The lowest BCUT2D eigenvalue weighted by atomic mass is 10.1. The minimum atomic E-state index is 0.569. The molecule has 1 unspecified atom stereocenters. The maximum Gasteiger partial charge on any atom is 0.119 e. The highest BCUT2D eigenvalue weighted by Crippen LogP contribution is 2.12. The van der Waals surface area contributed by atoms with Crippen LogP contribution in [0.5, 0.6) is 5.75 Å². The van der Waals surface area contributed by atoms with Gasteiger partial charge in [-0.3, -0.25) is 0 Å². The van der Waals surface area contributed by atoms with Crippen molar-refractivity contribution in [2.24, 2.45) is 5.92 Å². The Kier molecular flexibility index (Phi) is 4.98. The second-order valence-corrected chi connectivity index (χ2v) is 4.85. The Labute approximate surface area is 114 Å². The Hall–Kier alpha value is -1.81. The highest BCUT2D eigenvalue weighted by atomic mass is 16.5. The van der Waals surface area contributed by atoms with Crippen LogP contribution in [0.1, 0.15) is 12.5 Å². The lowest BCUT2D eigenvalue weighted by molar-refractivity contribution is 0.413. The summed E-state index contributed by atoms with van der Waals surface area (Å²) >= 11 is 0. The van der Waals surface area contributed by atoms with Gasteiger partial charge in [-0.15, -0.1) is 0 Å². The van der Waals surface area contributed by atoms with Gasteiger partial charge < -0.3 is 14.6 Å². The van der Waals surface area contributed by atoms with Crippen molar-refractivity contribution >= 4 is 0 Å². The molecule has 2 rings (SSSR count). The summed E-state index contributed by atoms with van der Waals surface area (Å²) in [6, 6.07) is 8.15. The molecule has 0 aliphatic carbocycles. The van der Waals surface area contributed by atoms with E-state index in [0.29, 0.717) is 5.92 Å². The number of aromatic nitrogens is 2. The molecule has 1 aromatic heterocycles. The number of methoxy groups -OCH3 is 1. The fraction of sp³-hybridized carbons (Fsp3) is 0.400. The maximum atomic E-state index is 5.21. The third-order valence-corrected chi connectivity index (χ3v) is 3.04. The first-order valence-electron chi connectivity index (χ1n) is 6.57. The second-order valence-electron chi connectivity index (χ2n) is 4.85. The molecule has 0 aliphatic heterocycles. The van der Waals surface area contributed by atoms with Gasteiger partial charge in [-0.1, -0.05) is 19.1 Å². The fourth-order valence-corrected chi connectivity index (χ4v) is 2.06. The molecule has 1 N–H and O–H groups in total. The molecule has 19 heavy (non-hydrogen) atoms. The van der Waals surface area contributed by atoms with Crippen molar-refractivity contribution in [2.75, 3.05) is 13.7 Å². The first kappa shape index (κ1) is 13.6. The Morgan fingerprint density at radius 1 is 1.42 bits per heavy atom. The zero-order valence-corrected chi connectivity index (χ0v) is 11.5. The summed E-state index contributed by atoms with van der Waals surface area (Å²) < 4.78 is 7.32. The molecule has 1 heterocycles. The van der Waals surface area contributed by atoms with E-state index in [9.17, 15) is 0 Å². The molecule has 4 heteroatoms. The van der Waals surface area contributed by atoms with E-state index >= 15 is 0 Å². The number of benzene rings is 1. The SMILES string of the molecule is COc1cccc(CNCC(C)Cn2ccnc2)c1. The predicted octanol–water partition coefficient (Wildman–Crippen LogP) is 2.32. The number of nitrogens with zero attached hydrogens (tertiary/aromatic N) is 2. The molecular formula is C15H21N3O. The van der Waals surface area contributed by atoms with E-state index in [0.717, 1.165) is 25.4 Å². The number of hydrogen-bond donors (Lipinski definition) is 1. The van der Waals surface area contributed by atoms with E-state index in [-0.39, 0.29) is 0 Å². The van der Waals surface area contributed by atoms with Crippen LogP contribution in [-0.4, -0.2) is 23.2 Å². The van der Waals surface area contributed by atoms with E-state index in [4.69, 9.17) is 4.74 Å². The molecular weight excluding hydrogens is 238 g/mol. The lowest BCUT2D eigenvalue weighted by Crippen LogP contribution is -2.23. The third kappa shape index (κ3) is 4.41. The van der Waals surface area contributed by atoms with E-state index < -0.39 is 0 Å². The Morgan fingerprint density at radius 2 is 2.32 bits per heavy atom. The topological polar surface area (TPSA) is 39.1 Å². The highest BCUT2D eigenvalue weighted by molar-refractivity contribution is 5.28. The standard InChI is InChI=1S/C15H21N3O/c1-13(11-18-7-6-16-12-18)9-17-10-14-4-3-5-15(8-14)19-2/h3-8,12-13,17H,9-11H2,1-2H3. The monoisotopic (exact) mass is 259 g/mol. The number of hydrogen-bond acceptors (Lipinski definition) is 3. The summed E-state index contributed by atoms with van der Waals surface area (Å²) in [5.74, 6) is 1.48. The molecule has 0 aliphatic rings. The van der Waals surface area contributed by atoms with Crippen LogP contribution in [-0.2, 0) is 13.1 Å². The van der Waals surface area contributed by atoms with Gasteiger partial charge in [0.25, 0.3) is 0 Å². The van der Waals surface area contributed by atoms with Crippen molar-refractivity contribution in [2.45, 2.75) is 20.0 Å². The molecule has 0 bridgehead atoms. The van der Waals surface area contributed by atoms with Crippen molar-refractivity contribution in [3.63, 3.8) is 0 Å². The Balaban J connectivity index is 1.73. The first-order chi connectivity index (χ1) is 9.28. The molecule has 1 atom stereocenters. The zero-order chi connectivity index (χ0) is 13.5. The minimum Gasteiger partial charge on any atom is -0.497 e. The number of nitrogens with one attached hydrogen (secondary N) is 1. The first-order valence-corrected chi connectivity index (χ1v) is 6.57. The van der Waals surface area contributed by atoms with E-state index in [1.54, 1.807) is 7.11 Å². The van der Waals surface area contributed by atoms with Crippen molar-refractivity contribution in [3.05, 3.63) is 48.5 Å². The van der Waals surface area contributed by atoms with Crippen LogP contribution >= 0.6 is 0 Å². The molecule has 0 radical (unpaired) electrons. The third-order valence-electron chi connectivity index (χ3n) is 3.04. The summed E-state index contributed by atoms with van der Waals surface area (Å²) in [4.78, 5) is 4.05. The number of ether oxygens (including phenoxy) is 1. The minimum absolute atomic E-state index is 0.569. The normalized spacial score (nSPS) is 12.3. The van der Waals surface area contributed by atoms with Crippen molar-refractivity contribution in [1.29, 1.82) is 0 Å². The van der Waals surface area contributed by atoms with Gasteiger partial charge in [-0.2, -0.15) is 0 Å². The van der Waals surface area contributed by atoms with Crippen LogP contribution in [0, 0.1) is 5.92 Å². The van der Waals surface area contributed by atoms with Crippen LogP contribution in [0.2, 0.25) is 0 Å². The summed E-state index contributed by atoms with van der Waals surface area (Å²) in [5.41, 5.74) is 1.24. The Bertz CT molecular complexity index is 482. The summed E-state index contributed by atoms with van der Waals surface area (Å²) in [7, 11) is 1.69. The van der Waals surface area contributed by atoms with Gasteiger partial charge in [0.2, 0.25) is 0 Å². The van der Waals surface area contributed by atoms with Crippen LogP contribution in [0.4, 0.5) is 0 Å². The average molecular weight is 259 g/mol. The number of imidazole rings is 1. The fourth-order valence-electron chi connectivity index (χ4n) is 2.06. The Morgan fingerprint density at radius 3 is 3.05 bits per heavy atom. The molecule has 0 fully saturated rings. The van der Waals surface area contributed by atoms with Gasteiger partial charge in [0.15, 0.2) is 0 Å². The maximum absolute atomic E-state index is 5.21. The van der Waals surface area contributed by atoms with Gasteiger partial charge in [0, 0.05) is 25.5 Å². The summed E-state index contributed by atoms with van der Waals surface area (Å²) in [5, 5.41) is 3.48. The second kappa shape index (κ2) is 6.95. The molecule has 1 aromatic carbocycles. The van der Waals surface area contributed by atoms with E-state index in [2.05, 4.69) is 33.9 Å². The summed E-state index contributed by atoms with van der Waals surface area (Å²) in [6.07, 6.45) is 5.67. The van der Waals surface area contributed by atoms with Gasteiger partial charge in [0.1, 0.15) is 5.75 Å². The van der Waals surface area contributed by atoms with Crippen LogP contribution < -0.4 is 10.1 Å². The van der Waals surface area contributed by atoms with Gasteiger partial charge in [-0.25, -0.2) is 4.98 Å². The lowest BCUT2D eigenvalue weighted by Gasteiger charge is -2.13. The number of rotatable bonds is 7. The zero-order valence-electron chi connectivity index (χ0n) is 11.5. The molecule has 102 valence electrons. The van der Waals surface area contributed by atoms with Crippen LogP contribution in [0.3, 0.4) is 0 Å². The van der Waals surface area contributed by atoms with Crippen LogP contribution in [0.25, 0.3) is 0 Å². The van der Waals surface area contributed by atoms with Crippen LogP contribution in [0.15, 0.2) is 43.0 Å². The van der Waals surface area contributed by atoms with Crippen molar-refractivity contribution in [1.82, 2.24) is 14.9 Å². The largest absolute Gasteiger partial charge is 0.497 e. The van der Waals surface area contributed by atoms with Gasteiger partial charge >= 0.3 is 0 Å². The highest BCUT2D eigenvalue weighted by Gasteiger charge is 2.03. The molecule has 0 saturated heterocycles. The molecule has 4 nitrogen and oxygen atoms in total. The quantitative estimate of drug-likeness (QED) is 0.829. The summed E-state index contributed by atoms with van der Waals surface area (Å²) in [6.45, 7) is 5.07. The molecule has 0 spiro atoms. The molecule has 0 amide bonds. The predicted molar refractivity (Wildman–Crippen MR) is 76.1 cm³/mol. The smallest absolute Gasteiger partial charge is 0.119 e. The van der Waals surface area contributed by atoms with Gasteiger partial charge in [-0.05, 0) is 30.2 Å². The van der Waals surface area contributed by atoms with Gasteiger partial charge in [0.05, 0.1) is 13.4 Å². The van der Waals surface area contributed by atoms with Crippen molar-refractivity contribution < 1.29 is 4.74 Å². The molecule has 2 aromatic rings. The molecule has 0 saturated carbocycles. The van der Waals surface area contributed by atoms with E-state index in [1.165, 1.54) is 5.56 Å². The average Bonchev–Trinajstić information content (AvgIpc) is 2.92. The van der Waals surface area contributed by atoms with Crippen molar-refractivity contribution in [3.8, 4) is 5.75 Å².